The minimum atomic E-state index is -0.453. The molecule has 3 aromatic rings. The van der Waals surface area contributed by atoms with E-state index in [9.17, 15) is 4.79 Å². The van der Waals surface area contributed by atoms with Gasteiger partial charge >= 0.3 is 6.09 Å². The molecule has 2 heterocycles. The Kier molecular flexibility index (Phi) is 6.80. The van der Waals surface area contributed by atoms with Gasteiger partial charge in [0.15, 0.2) is 0 Å². The number of unbranched alkanes of at least 4 members (excludes halogenated alkanes) is 3. The molecule has 2 aromatic heterocycles. The molecule has 1 aromatic carbocycles. The number of nitrogens with zero attached hydrogens (tertiary/aromatic N) is 4. The van der Waals surface area contributed by atoms with E-state index in [1.165, 1.54) is 0 Å². The van der Waals surface area contributed by atoms with E-state index in [1.807, 2.05) is 62.0 Å². The third-order valence-corrected chi connectivity index (χ3v) is 4.33. The predicted molar refractivity (Wildman–Crippen MR) is 113 cm³/mol. The van der Waals surface area contributed by atoms with Crippen molar-refractivity contribution in [2.45, 2.75) is 58.6 Å². The highest BCUT2D eigenvalue weighted by Crippen LogP contribution is 2.17. The van der Waals surface area contributed by atoms with E-state index in [0.29, 0.717) is 6.54 Å². The highest BCUT2D eigenvalue weighted by molar-refractivity contribution is 5.76. The van der Waals surface area contributed by atoms with Crippen molar-refractivity contribution in [3.63, 3.8) is 0 Å². The maximum Gasteiger partial charge on any atom is 0.407 e. The second-order valence-corrected chi connectivity index (χ2v) is 8.05. The van der Waals surface area contributed by atoms with E-state index in [0.717, 1.165) is 54.6 Å². The van der Waals surface area contributed by atoms with Crippen molar-refractivity contribution in [1.82, 2.24) is 25.1 Å². The second-order valence-electron chi connectivity index (χ2n) is 8.05. The van der Waals surface area contributed by atoms with E-state index in [2.05, 4.69) is 20.4 Å². The van der Waals surface area contributed by atoms with E-state index >= 15 is 0 Å². The zero-order valence-electron chi connectivity index (χ0n) is 17.4. The van der Waals surface area contributed by atoms with Crippen LogP contribution in [0.15, 0.2) is 42.7 Å². The Morgan fingerprint density at radius 1 is 1.03 bits per heavy atom. The predicted octanol–water partition coefficient (Wildman–Crippen LogP) is 4.58. The van der Waals surface area contributed by atoms with Crippen LogP contribution >= 0.6 is 0 Å². The quantitative estimate of drug-likeness (QED) is 0.565. The molecule has 1 N–H and O–H groups in total. The Labute approximate surface area is 171 Å². The molecule has 0 fully saturated rings. The maximum atomic E-state index is 11.6. The van der Waals surface area contributed by atoms with Crippen molar-refractivity contribution in [1.29, 1.82) is 0 Å². The summed E-state index contributed by atoms with van der Waals surface area (Å²) in [5.41, 5.74) is 2.93. The van der Waals surface area contributed by atoms with E-state index in [4.69, 9.17) is 4.74 Å². The second kappa shape index (κ2) is 9.49. The molecular formula is C22H29N5O2. The third-order valence-electron chi connectivity index (χ3n) is 4.33. The minimum absolute atomic E-state index is 0.349. The molecule has 0 spiro atoms. The number of carbonyl (C=O) groups excluding carboxylic acids is 1. The smallest absolute Gasteiger partial charge is 0.407 e. The molecule has 0 bridgehead atoms. The lowest BCUT2D eigenvalue weighted by atomic mass is 10.2. The van der Waals surface area contributed by atoms with E-state index < -0.39 is 5.60 Å². The van der Waals surface area contributed by atoms with E-state index in [-0.39, 0.29) is 6.09 Å². The SMILES string of the molecule is CC(C)(C)OC(=O)NCCCCCCn1ccc(-c2cnc3ccccc3n2)n1. The van der Waals surface area contributed by atoms with Crippen LogP contribution in [0.5, 0.6) is 0 Å². The van der Waals surface area contributed by atoms with Gasteiger partial charge in [-0.25, -0.2) is 9.78 Å². The fourth-order valence-corrected chi connectivity index (χ4v) is 2.96. The molecule has 7 nitrogen and oxygen atoms in total. The minimum Gasteiger partial charge on any atom is -0.444 e. The van der Waals surface area contributed by atoms with Crippen molar-refractivity contribution in [3.05, 3.63) is 42.7 Å². The number of alkyl carbamates (subject to hydrolysis) is 1. The summed E-state index contributed by atoms with van der Waals surface area (Å²) in [4.78, 5) is 20.7. The number of hydrogen-bond acceptors (Lipinski definition) is 5. The van der Waals surface area contributed by atoms with Gasteiger partial charge in [-0.1, -0.05) is 25.0 Å². The van der Waals surface area contributed by atoms with Crippen molar-refractivity contribution >= 4 is 17.1 Å². The van der Waals surface area contributed by atoms with Crippen LogP contribution in [0.3, 0.4) is 0 Å². The van der Waals surface area contributed by atoms with Gasteiger partial charge in [-0.15, -0.1) is 0 Å². The standard InChI is InChI=1S/C22H29N5O2/c1-22(2,3)29-21(28)23-13-8-4-5-9-14-27-15-12-19(26-27)20-16-24-17-10-6-7-11-18(17)25-20/h6-7,10-12,15-16H,4-5,8-9,13-14H2,1-3H3,(H,23,28). The largest absolute Gasteiger partial charge is 0.444 e. The highest BCUT2D eigenvalue weighted by Gasteiger charge is 2.15. The molecule has 0 saturated heterocycles. The monoisotopic (exact) mass is 395 g/mol. The Morgan fingerprint density at radius 2 is 1.79 bits per heavy atom. The number of ether oxygens (including phenoxy) is 1. The van der Waals surface area contributed by atoms with Gasteiger partial charge in [0.1, 0.15) is 17.0 Å². The number of benzene rings is 1. The Balaban J connectivity index is 1.37. The topological polar surface area (TPSA) is 81.9 Å². The first-order chi connectivity index (χ1) is 13.9. The lowest BCUT2D eigenvalue weighted by Gasteiger charge is -2.19. The van der Waals surface area contributed by atoms with Gasteiger partial charge in [-0.05, 0) is 51.8 Å². The molecule has 0 unspecified atom stereocenters. The van der Waals surface area contributed by atoms with Crippen LogP contribution in [-0.2, 0) is 11.3 Å². The van der Waals surface area contributed by atoms with Crippen molar-refractivity contribution in [2.75, 3.05) is 6.54 Å². The van der Waals surface area contributed by atoms with Gasteiger partial charge in [0.05, 0.1) is 17.2 Å². The molecule has 7 heteroatoms. The zero-order valence-corrected chi connectivity index (χ0v) is 17.4. The lowest BCUT2D eigenvalue weighted by molar-refractivity contribution is 0.0527. The number of nitrogens with one attached hydrogen (secondary N) is 1. The van der Waals surface area contributed by atoms with Crippen molar-refractivity contribution in [3.8, 4) is 11.4 Å². The number of aromatic nitrogens is 4. The summed E-state index contributed by atoms with van der Waals surface area (Å²) < 4.78 is 7.16. The van der Waals surface area contributed by atoms with Gasteiger partial charge in [-0.3, -0.25) is 9.67 Å². The van der Waals surface area contributed by atoms with Crippen LogP contribution in [0.25, 0.3) is 22.4 Å². The number of hydrogen-bond donors (Lipinski definition) is 1. The highest BCUT2D eigenvalue weighted by atomic mass is 16.6. The molecule has 1 amide bonds. The molecule has 0 saturated carbocycles. The Hall–Kier alpha value is -2.96. The van der Waals surface area contributed by atoms with Crippen LogP contribution < -0.4 is 5.32 Å². The summed E-state index contributed by atoms with van der Waals surface area (Å²) in [6.07, 6.45) is 7.52. The average molecular weight is 396 g/mol. The normalized spacial score (nSPS) is 11.6. The molecule has 3 rings (SSSR count). The summed E-state index contributed by atoms with van der Waals surface area (Å²) in [6, 6.07) is 9.80. The van der Waals surface area contributed by atoms with Crippen LogP contribution in [-0.4, -0.2) is 38.0 Å². The number of rotatable bonds is 8. The summed E-state index contributed by atoms with van der Waals surface area (Å²) in [5, 5.41) is 7.41. The summed E-state index contributed by atoms with van der Waals surface area (Å²) in [5.74, 6) is 0. The third kappa shape index (κ3) is 6.55. The molecule has 0 aliphatic heterocycles. The molecule has 29 heavy (non-hydrogen) atoms. The molecule has 0 aliphatic rings. The molecule has 154 valence electrons. The fourth-order valence-electron chi connectivity index (χ4n) is 2.96. The number of amides is 1. The molecule has 0 aliphatic carbocycles. The van der Waals surface area contributed by atoms with Crippen molar-refractivity contribution < 1.29 is 9.53 Å². The Morgan fingerprint density at radius 3 is 2.59 bits per heavy atom. The van der Waals surface area contributed by atoms with Crippen LogP contribution in [0, 0.1) is 0 Å². The average Bonchev–Trinajstić information content (AvgIpc) is 3.14. The van der Waals surface area contributed by atoms with Gasteiger partial charge < -0.3 is 10.1 Å². The first-order valence-corrected chi connectivity index (χ1v) is 10.1. The summed E-state index contributed by atoms with van der Waals surface area (Å²) >= 11 is 0. The van der Waals surface area contributed by atoms with Gasteiger partial charge in [0.25, 0.3) is 0 Å². The van der Waals surface area contributed by atoms with Gasteiger partial charge in [0, 0.05) is 19.3 Å². The number of carbonyl (C=O) groups is 1. The van der Waals surface area contributed by atoms with Gasteiger partial charge in [0.2, 0.25) is 0 Å². The fraction of sp³-hybridized carbons (Fsp3) is 0.455. The first kappa shape index (κ1) is 20.8. The molecular weight excluding hydrogens is 366 g/mol. The Bertz CT molecular complexity index is 946. The number of aryl methyl sites for hydroxylation is 1. The maximum absolute atomic E-state index is 11.6. The number of para-hydroxylation sites is 2. The van der Waals surface area contributed by atoms with Gasteiger partial charge in [-0.2, -0.15) is 5.10 Å². The van der Waals surface area contributed by atoms with Crippen LogP contribution in [0.1, 0.15) is 46.5 Å². The first-order valence-electron chi connectivity index (χ1n) is 10.1. The van der Waals surface area contributed by atoms with E-state index in [1.54, 1.807) is 6.20 Å². The lowest BCUT2D eigenvalue weighted by Crippen LogP contribution is -2.32. The molecule has 0 radical (unpaired) electrons. The van der Waals surface area contributed by atoms with Crippen LogP contribution in [0.4, 0.5) is 4.79 Å². The number of fused-ring (bicyclic) bond motifs is 1. The molecule has 0 atom stereocenters. The van der Waals surface area contributed by atoms with Crippen LogP contribution in [0.2, 0.25) is 0 Å². The zero-order chi connectivity index (χ0) is 20.7. The summed E-state index contributed by atoms with van der Waals surface area (Å²) in [6.45, 7) is 7.08. The summed E-state index contributed by atoms with van der Waals surface area (Å²) in [7, 11) is 0. The van der Waals surface area contributed by atoms with Crippen molar-refractivity contribution in [2.24, 2.45) is 0 Å².